The number of nitrogens with one attached hydrogen (secondary N) is 1. The number of anilines is 1. The van der Waals surface area contributed by atoms with E-state index in [0.29, 0.717) is 12.2 Å². The molecule has 4 N–H and O–H groups in total. The van der Waals surface area contributed by atoms with Gasteiger partial charge in [0, 0.05) is 12.2 Å². The van der Waals surface area contributed by atoms with Crippen molar-refractivity contribution in [1.29, 1.82) is 0 Å². The standard InChI is InChI=1S/C14H13ClN2O2/c15-12-6-5-10(18)7-11(12)14(19)17-8-9-3-1-2-4-13(9)16/h1-7,18H,8,16H2,(H,17,19). The summed E-state index contributed by atoms with van der Waals surface area (Å²) >= 11 is 5.91. The first-order valence-corrected chi connectivity index (χ1v) is 6.06. The summed E-state index contributed by atoms with van der Waals surface area (Å²) in [5.74, 6) is -0.363. The Labute approximate surface area is 115 Å². The van der Waals surface area contributed by atoms with Crippen LogP contribution in [0.3, 0.4) is 0 Å². The van der Waals surface area contributed by atoms with Crippen LogP contribution in [0.25, 0.3) is 0 Å². The summed E-state index contributed by atoms with van der Waals surface area (Å²) in [6, 6.07) is 11.5. The molecule has 98 valence electrons. The van der Waals surface area contributed by atoms with Crippen molar-refractivity contribution in [3.8, 4) is 5.75 Å². The zero-order valence-corrected chi connectivity index (χ0v) is 10.8. The van der Waals surface area contributed by atoms with Gasteiger partial charge in [0.25, 0.3) is 5.91 Å². The Kier molecular flexibility index (Phi) is 3.92. The van der Waals surface area contributed by atoms with Gasteiger partial charge in [0.05, 0.1) is 10.6 Å². The minimum Gasteiger partial charge on any atom is -0.508 e. The highest BCUT2D eigenvalue weighted by molar-refractivity contribution is 6.33. The van der Waals surface area contributed by atoms with Crippen LogP contribution in [0, 0.1) is 0 Å². The van der Waals surface area contributed by atoms with Crippen molar-refractivity contribution in [2.24, 2.45) is 0 Å². The molecule has 0 aliphatic rings. The molecule has 0 aliphatic heterocycles. The first-order valence-electron chi connectivity index (χ1n) is 5.68. The molecular formula is C14H13ClN2O2. The van der Waals surface area contributed by atoms with Crippen molar-refractivity contribution in [2.45, 2.75) is 6.54 Å². The number of carbonyl (C=O) groups excluding carboxylic acids is 1. The zero-order chi connectivity index (χ0) is 13.8. The van der Waals surface area contributed by atoms with Gasteiger partial charge < -0.3 is 16.2 Å². The van der Waals surface area contributed by atoms with Gasteiger partial charge in [-0.3, -0.25) is 4.79 Å². The van der Waals surface area contributed by atoms with Crippen molar-refractivity contribution in [3.05, 3.63) is 58.6 Å². The van der Waals surface area contributed by atoms with E-state index in [1.165, 1.54) is 18.2 Å². The van der Waals surface area contributed by atoms with Gasteiger partial charge in [0.15, 0.2) is 0 Å². The van der Waals surface area contributed by atoms with E-state index in [4.69, 9.17) is 17.3 Å². The monoisotopic (exact) mass is 276 g/mol. The molecule has 0 spiro atoms. The SMILES string of the molecule is Nc1ccccc1CNC(=O)c1cc(O)ccc1Cl. The Morgan fingerprint density at radius 1 is 1.26 bits per heavy atom. The molecule has 0 fully saturated rings. The largest absolute Gasteiger partial charge is 0.508 e. The van der Waals surface area contributed by atoms with Crippen molar-refractivity contribution in [3.63, 3.8) is 0 Å². The molecule has 0 aliphatic carbocycles. The highest BCUT2D eigenvalue weighted by Crippen LogP contribution is 2.21. The highest BCUT2D eigenvalue weighted by Gasteiger charge is 2.11. The molecule has 0 heterocycles. The molecule has 0 saturated heterocycles. The number of aromatic hydroxyl groups is 1. The van der Waals surface area contributed by atoms with E-state index in [2.05, 4.69) is 5.32 Å². The normalized spacial score (nSPS) is 10.2. The fraction of sp³-hybridized carbons (Fsp3) is 0.0714. The van der Waals surface area contributed by atoms with Gasteiger partial charge >= 0.3 is 0 Å². The molecule has 1 amide bonds. The summed E-state index contributed by atoms with van der Waals surface area (Å²) < 4.78 is 0. The molecule has 0 aromatic heterocycles. The van der Waals surface area contributed by atoms with Crippen molar-refractivity contribution in [2.75, 3.05) is 5.73 Å². The number of hydrogen-bond donors (Lipinski definition) is 3. The lowest BCUT2D eigenvalue weighted by atomic mass is 10.1. The maximum Gasteiger partial charge on any atom is 0.253 e. The summed E-state index contributed by atoms with van der Waals surface area (Å²) in [5.41, 5.74) is 7.46. The minimum absolute atomic E-state index is 0.00576. The zero-order valence-electron chi connectivity index (χ0n) is 10.1. The molecule has 4 nitrogen and oxygen atoms in total. The van der Waals surface area contributed by atoms with E-state index in [1.807, 2.05) is 18.2 Å². The van der Waals surface area contributed by atoms with E-state index < -0.39 is 0 Å². The molecule has 0 radical (unpaired) electrons. The summed E-state index contributed by atoms with van der Waals surface area (Å²) in [4.78, 5) is 12.0. The molecule has 2 rings (SSSR count). The lowest BCUT2D eigenvalue weighted by Gasteiger charge is -2.09. The number of carbonyl (C=O) groups is 1. The van der Waals surface area contributed by atoms with Crippen LogP contribution in [0.4, 0.5) is 5.69 Å². The Morgan fingerprint density at radius 3 is 2.74 bits per heavy atom. The van der Waals surface area contributed by atoms with Gasteiger partial charge in [-0.2, -0.15) is 0 Å². The molecule has 0 bridgehead atoms. The first kappa shape index (κ1) is 13.2. The van der Waals surface area contributed by atoms with Crippen LogP contribution in [-0.4, -0.2) is 11.0 Å². The van der Waals surface area contributed by atoms with Gasteiger partial charge in [0.2, 0.25) is 0 Å². The predicted molar refractivity (Wildman–Crippen MR) is 75.1 cm³/mol. The van der Waals surface area contributed by atoms with E-state index in [0.717, 1.165) is 5.56 Å². The number of nitrogen functional groups attached to an aromatic ring is 1. The molecule has 19 heavy (non-hydrogen) atoms. The lowest BCUT2D eigenvalue weighted by molar-refractivity contribution is 0.0951. The molecule has 0 atom stereocenters. The minimum atomic E-state index is -0.357. The van der Waals surface area contributed by atoms with Gasteiger partial charge in [-0.25, -0.2) is 0 Å². The Hall–Kier alpha value is -2.20. The number of halogens is 1. The third-order valence-corrected chi connectivity index (χ3v) is 3.02. The molecule has 2 aromatic rings. The van der Waals surface area contributed by atoms with Gasteiger partial charge in [-0.1, -0.05) is 29.8 Å². The second-order valence-electron chi connectivity index (χ2n) is 4.05. The number of phenolic OH excluding ortho intramolecular Hbond substituents is 1. The predicted octanol–water partition coefficient (Wildman–Crippen LogP) is 2.56. The van der Waals surface area contributed by atoms with Crippen LogP contribution in [0.15, 0.2) is 42.5 Å². The number of hydrogen-bond acceptors (Lipinski definition) is 3. The average molecular weight is 277 g/mol. The van der Waals surface area contributed by atoms with Crippen LogP contribution in [0.2, 0.25) is 5.02 Å². The summed E-state index contributed by atoms with van der Waals surface area (Å²) in [6.45, 7) is 0.303. The number of rotatable bonds is 3. The smallest absolute Gasteiger partial charge is 0.253 e. The maximum atomic E-state index is 12.0. The Balaban J connectivity index is 2.10. The third-order valence-electron chi connectivity index (χ3n) is 2.69. The van der Waals surface area contributed by atoms with E-state index in [1.54, 1.807) is 6.07 Å². The first-order chi connectivity index (χ1) is 9.08. The van der Waals surface area contributed by atoms with Crippen molar-refractivity contribution < 1.29 is 9.90 Å². The van der Waals surface area contributed by atoms with Gasteiger partial charge in [-0.05, 0) is 29.8 Å². The topological polar surface area (TPSA) is 75.3 Å². The molecule has 0 saturated carbocycles. The summed E-state index contributed by atoms with van der Waals surface area (Å²) in [5, 5.41) is 12.4. The maximum absolute atomic E-state index is 12.0. The molecule has 2 aromatic carbocycles. The summed E-state index contributed by atoms with van der Waals surface area (Å²) in [7, 11) is 0. The van der Waals surface area contributed by atoms with Gasteiger partial charge in [-0.15, -0.1) is 0 Å². The lowest BCUT2D eigenvalue weighted by Crippen LogP contribution is -2.23. The highest BCUT2D eigenvalue weighted by atomic mass is 35.5. The van der Waals surface area contributed by atoms with Crippen LogP contribution >= 0.6 is 11.6 Å². The van der Waals surface area contributed by atoms with E-state index in [-0.39, 0.29) is 22.2 Å². The number of para-hydroxylation sites is 1. The fourth-order valence-corrected chi connectivity index (χ4v) is 1.86. The molecular weight excluding hydrogens is 264 g/mol. The number of amides is 1. The van der Waals surface area contributed by atoms with E-state index >= 15 is 0 Å². The van der Waals surface area contributed by atoms with Crippen LogP contribution in [-0.2, 0) is 6.54 Å². The van der Waals surface area contributed by atoms with Crippen molar-refractivity contribution >= 4 is 23.2 Å². The van der Waals surface area contributed by atoms with E-state index in [9.17, 15) is 9.90 Å². The Bertz CT molecular complexity index is 614. The second kappa shape index (κ2) is 5.63. The van der Waals surface area contributed by atoms with Crippen LogP contribution in [0.1, 0.15) is 15.9 Å². The Morgan fingerprint density at radius 2 is 2.00 bits per heavy atom. The number of benzene rings is 2. The number of phenols is 1. The quantitative estimate of drug-likeness (QED) is 0.754. The van der Waals surface area contributed by atoms with Gasteiger partial charge in [0.1, 0.15) is 5.75 Å². The second-order valence-corrected chi connectivity index (χ2v) is 4.45. The van der Waals surface area contributed by atoms with Crippen molar-refractivity contribution in [1.82, 2.24) is 5.32 Å². The fourth-order valence-electron chi connectivity index (χ4n) is 1.65. The summed E-state index contributed by atoms with van der Waals surface area (Å²) in [6.07, 6.45) is 0. The molecule has 5 heteroatoms. The van der Waals surface area contributed by atoms with Crippen LogP contribution in [0.5, 0.6) is 5.75 Å². The number of nitrogens with two attached hydrogens (primary N) is 1. The van der Waals surface area contributed by atoms with Crippen LogP contribution < -0.4 is 11.1 Å². The third kappa shape index (κ3) is 3.17. The molecule has 0 unspecified atom stereocenters. The average Bonchev–Trinajstić information content (AvgIpc) is 2.40.